The number of phenolic OH excluding ortho intramolecular Hbond substituents is 1. The number of benzene rings is 2. The molecule has 8 nitrogen and oxygen atoms in total. The fourth-order valence-corrected chi connectivity index (χ4v) is 2.86. The van der Waals surface area contributed by atoms with Crippen molar-refractivity contribution in [2.24, 2.45) is 5.73 Å². The van der Waals surface area contributed by atoms with Crippen LogP contribution in [0.2, 0.25) is 0 Å². The van der Waals surface area contributed by atoms with Gasteiger partial charge in [-0.2, -0.15) is 0 Å². The molecule has 2 heterocycles. The number of nitrogens with zero attached hydrogens (tertiary/aromatic N) is 1. The van der Waals surface area contributed by atoms with Crippen LogP contribution >= 0.6 is 0 Å². The molecular formula is C21H16N2O6. The van der Waals surface area contributed by atoms with E-state index < -0.39 is 5.91 Å². The normalized spacial score (nSPS) is 10.9. The first-order valence-electron chi connectivity index (χ1n) is 8.69. The van der Waals surface area contributed by atoms with E-state index in [0.29, 0.717) is 39.4 Å². The number of aromatic nitrogens is 1. The third kappa shape index (κ3) is 3.96. The van der Waals surface area contributed by atoms with Crippen LogP contribution in [0.1, 0.15) is 11.6 Å². The number of carbonyl (C=O) groups excluding carboxylic acids is 1. The van der Waals surface area contributed by atoms with Crippen molar-refractivity contribution in [3.63, 3.8) is 0 Å². The number of hydrogen-bond acceptors (Lipinski definition) is 7. The molecule has 0 fully saturated rings. The minimum absolute atomic E-state index is 0.00596. The predicted octanol–water partition coefficient (Wildman–Crippen LogP) is 2.76. The van der Waals surface area contributed by atoms with Gasteiger partial charge in [0.1, 0.15) is 29.6 Å². The lowest BCUT2D eigenvalue weighted by Gasteiger charge is -2.06. The van der Waals surface area contributed by atoms with Crippen LogP contribution in [0.25, 0.3) is 22.1 Å². The van der Waals surface area contributed by atoms with Crippen LogP contribution in [0.15, 0.2) is 68.6 Å². The molecule has 4 aromatic rings. The number of primary amides is 1. The summed E-state index contributed by atoms with van der Waals surface area (Å²) in [5, 5.41) is 9.81. The van der Waals surface area contributed by atoms with Gasteiger partial charge in [0.05, 0.1) is 23.1 Å². The number of ether oxygens (including phenoxy) is 1. The van der Waals surface area contributed by atoms with Crippen molar-refractivity contribution in [2.75, 3.05) is 0 Å². The first kappa shape index (κ1) is 18.3. The lowest BCUT2D eigenvalue weighted by atomic mass is 10.1. The molecular weight excluding hydrogens is 376 g/mol. The topological polar surface area (TPSA) is 129 Å². The summed E-state index contributed by atoms with van der Waals surface area (Å²) in [5.74, 6) is 0.383. The Bertz CT molecular complexity index is 1240. The lowest BCUT2D eigenvalue weighted by molar-refractivity contribution is -0.117. The number of nitrogens with two attached hydrogens (primary N) is 1. The summed E-state index contributed by atoms with van der Waals surface area (Å²) in [6.45, 7) is 0.0418. The molecule has 3 N–H and O–H groups in total. The fourth-order valence-electron chi connectivity index (χ4n) is 2.86. The van der Waals surface area contributed by atoms with Crippen molar-refractivity contribution < 1.29 is 23.5 Å². The average Bonchev–Trinajstić information content (AvgIpc) is 3.14. The molecule has 0 aliphatic heterocycles. The molecule has 0 saturated carbocycles. The molecule has 0 aliphatic carbocycles. The highest BCUT2D eigenvalue weighted by Crippen LogP contribution is 2.24. The molecule has 0 unspecified atom stereocenters. The van der Waals surface area contributed by atoms with E-state index in [2.05, 4.69) is 4.98 Å². The van der Waals surface area contributed by atoms with Crippen LogP contribution in [-0.4, -0.2) is 16.0 Å². The van der Waals surface area contributed by atoms with Gasteiger partial charge in [0.15, 0.2) is 12.0 Å². The molecule has 0 aliphatic rings. The molecule has 0 bridgehead atoms. The first-order valence-corrected chi connectivity index (χ1v) is 8.69. The maximum atomic E-state index is 12.8. The van der Waals surface area contributed by atoms with E-state index in [1.54, 1.807) is 30.3 Å². The highest BCUT2D eigenvalue weighted by atomic mass is 16.5. The Balaban J connectivity index is 1.54. The van der Waals surface area contributed by atoms with E-state index in [9.17, 15) is 14.7 Å². The first-order chi connectivity index (χ1) is 14.0. The van der Waals surface area contributed by atoms with Gasteiger partial charge in [-0.25, -0.2) is 4.98 Å². The highest BCUT2D eigenvalue weighted by molar-refractivity contribution is 5.82. The molecule has 0 saturated heterocycles. The molecule has 0 spiro atoms. The summed E-state index contributed by atoms with van der Waals surface area (Å²) in [6, 6.07) is 11.2. The van der Waals surface area contributed by atoms with Crippen molar-refractivity contribution >= 4 is 16.9 Å². The zero-order valence-corrected chi connectivity index (χ0v) is 15.1. The largest absolute Gasteiger partial charge is 0.508 e. The molecule has 8 heteroatoms. The van der Waals surface area contributed by atoms with Crippen LogP contribution in [0.5, 0.6) is 11.5 Å². The third-order valence-corrected chi connectivity index (χ3v) is 4.24. The number of phenols is 1. The summed E-state index contributed by atoms with van der Waals surface area (Å²) in [5.41, 5.74) is 6.78. The summed E-state index contributed by atoms with van der Waals surface area (Å²) in [6.07, 6.45) is 2.73. The van der Waals surface area contributed by atoms with Crippen LogP contribution in [0.4, 0.5) is 0 Å². The van der Waals surface area contributed by atoms with Gasteiger partial charge in [0.2, 0.25) is 11.8 Å². The van der Waals surface area contributed by atoms with Crippen molar-refractivity contribution in [1.82, 2.24) is 4.98 Å². The Hall–Kier alpha value is -4.07. The van der Waals surface area contributed by atoms with Crippen molar-refractivity contribution in [3.8, 4) is 22.6 Å². The van der Waals surface area contributed by atoms with Gasteiger partial charge in [0, 0.05) is 6.07 Å². The maximum absolute atomic E-state index is 12.8. The minimum Gasteiger partial charge on any atom is -0.508 e. The summed E-state index contributed by atoms with van der Waals surface area (Å²) in [4.78, 5) is 27.8. The van der Waals surface area contributed by atoms with Crippen LogP contribution in [0, 0.1) is 0 Å². The average molecular weight is 392 g/mol. The smallest absolute Gasteiger partial charge is 0.232 e. The summed E-state index contributed by atoms with van der Waals surface area (Å²) >= 11 is 0. The van der Waals surface area contributed by atoms with Crippen molar-refractivity contribution in [1.29, 1.82) is 0 Å². The van der Waals surface area contributed by atoms with Gasteiger partial charge in [0.25, 0.3) is 0 Å². The van der Waals surface area contributed by atoms with E-state index in [1.807, 2.05) is 0 Å². The Labute approximate surface area is 164 Å². The molecule has 2 aromatic heterocycles. The Morgan fingerprint density at radius 3 is 2.66 bits per heavy atom. The quantitative estimate of drug-likeness (QED) is 0.516. The monoisotopic (exact) mass is 392 g/mol. The molecule has 29 heavy (non-hydrogen) atoms. The standard InChI is InChI=1S/C21H16N2O6/c22-19(25)7-13-9-29-20(23-13)11-27-15-5-6-16-18(8-15)28-10-17(21(16)26)12-1-3-14(24)4-2-12/h1-6,8-10,24H,7,11H2,(H2,22,25). The van der Waals surface area contributed by atoms with Gasteiger partial charge >= 0.3 is 0 Å². The van der Waals surface area contributed by atoms with E-state index in [4.69, 9.17) is 19.3 Å². The zero-order valence-electron chi connectivity index (χ0n) is 15.1. The van der Waals surface area contributed by atoms with Crippen molar-refractivity contribution in [3.05, 3.63) is 76.8 Å². The SMILES string of the molecule is NC(=O)Cc1coc(COc2ccc3c(=O)c(-c4ccc(O)cc4)coc3c2)n1. The van der Waals surface area contributed by atoms with Crippen LogP contribution in [-0.2, 0) is 17.8 Å². The second kappa shape index (κ2) is 7.51. The number of aromatic hydroxyl groups is 1. The maximum Gasteiger partial charge on any atom is 0.232 e. The van der Waals surface area contributed by atoms with Gasteiger partial charge in [-0.3, -0.25) is 9.59 Å². The van der Waals surface area contributed by atoms with E-state index >= 15 is 0 Å². The zero-order chi connectivity index (χ0) is 20.4. The van der Waals surface area contributed by atoms with Crippen LogP contribution in [0.3, 0.4) is 0 Å². The van der Waals surface area contributed by atoms with Crippen LogP contribution < -0.4 is 15.9 Å². The molecule has 4 rings (SSSR count). The second-order valence-corrected chi connectivity index (χ2v) is 6.35. The summed E-state index contributed by atoms with van der Waals surface area (Å²) < 4.78 is 16.5. The molecule has 146 valence electrons. The molecule has 0 atom stereocenters. The third-order valence-electron chi connectivity index (χ3n) is 4.24. The number of hydrogen-bond donors (Lipinski definition) is 2. The van der Waals surface area contributed by atoms with E-state index in [0.717, 1.165) is 0 Å². The van der Waals surface area contributed by atoms with Gasteiger partial charge in [-0.05, 0) is 29.8 Å². The van der Waals surface area contributed by atoms with E-state index in [-0.39, 0.29) is 24.2 Å². The predicted molar refractivity (Wildman–Crippen MR) is 103 cm³/mol. The fraction of sp³-hybridized carbons (Fsp3) is 0.0952. The van der Waals surface area contributed by atoms with Gasteiger partial charge in [-0.1, -0.05) is 12.1 Å². The van der Waals surface area contributed by atoms with Crippen molar-refractivity contribution in [2.45, 2.75) is 13.0 Å². The Kier molecular flexibility index (Phi) is 4.74. The molecule has 1 amide bonds. The Morgan fingerprint density at radius 2 is 1.90 bits per heavy atom. The van der Waals surface area contributed by atoms with E-state index in [1.165, 1.54) is 24.7 Å². The number of amides is 1. The minimum atomic E-state index is -0.498. The highest BCUT2D eigenvalue weighted by Gasteiger charge is 2.11. The second-order valence-electron chi connectivity index (χ2n) is 6.35. The summed E-state index contributed by atoms with van der Waals surface area (Å²) in [7, 11) is 0. The number of fused-ring (bicyclic) bond motifs is 1. The number of rotatable bonds is 6. The Morgan fingerprint density at radius 1 is 1.10 bits per heavy atom. The number of carbonyl (C=O) groups is 1. The van der Waals surface area contributed by atoms with Gasteiger partial charge < -0.3 is 24.4 Å². The van der Waals surface area contributed by atoms with Gasteiger partial charge in [-0.15, -0.1) is 0 Å². The molecule has 0 radical (unpaired) electrons. The number of oxazole rings is 1. The molecule has 2 aromatic carbocycles. The lowest BCUT2D eigenvalue weighted by Crippen LogP contribution is -2.13.